The first kappa shape index (κ1) is 16.8. The molecule has 0 spiro atoms. The molecule has 0 saturated heterocycles. The largest absolute Gasteiger partial charge is 0.342 e. The summed E-state index contributed by atoms with van der Waals surface area (Å²) in [6.07, 6.45) is 3.26. The highest BCUT2D eigenvalue weighted by atomic mass is 32.1. The normalized spacial score (nSPS) is 10.9. The molecule has 3 nitrogen and oxygen atoms in total. The number of benzene rings is 2. The molecule has 2 heterocycles. The summed E-state index contributed by atoms with van der Waals surface area (Å²) >= 11 is 1.75. The highest BCUT2D eigenvalue weighted by molar-refractivity contribution is 7.13. The summed E-state index contributed by atoms with van der Waals surface area (Å²) < 4.78 is 2.00. The summed E-state index contributed by atoms with van der Waals surface area (Å²) in [5.74, 6) is 0. The van der Waals surface area contributed by atoms with Crippen LogP contribution in [0.1, 0.15) is 11.1 Å². The van der Waals surface area contributed by atoms with E-state index in [-0.39, 0.29) is 0 Å². The number of rotatable bonds is 7. The van der Waals surface area contributed by atoms with E-state index in [1.165, 1.54) is 16.0 Å². The first-order chi connectivity index (χ1) is 12.9. The topological polar surface area (TPSA) is 34.4 Å². The zero-order chi connectivity index (χ0) is 17.6. The minimum Gasteiger partial charge on any atom is -0.342 e. The maximum absolute atomic E-state index is 4.87. The third-order valence-electron chi connectivity index (χ3n) is 4.41. The van der Waals surface area contributed by atoms with Gasteiger partial charge in [-0.05, 0) is 29.1 Å². The first-order valence-electron chi connectivity index (χ1n) is 8.93. The molecule has 0 aliphatic heterocycles. The van der Waals surface area contributed by atoms with Crippen molar-refractivity contribution < 1.29 is 5.32 Å². The van der Waals surface area contributed by atoms with Crippen LogP contribution in [0.3, 0.4) is 0 Å². The highest BCUT2D eigenvalue weighted by Crippen LogP contribution is 2.27. The lowest BCUT2D eigenvalue weighted by molar-refractivity contribution is -0.670. The summed E-state index contributed by atoms with van der Waals surface area (Å²) in [6.45, 7) is 2.01. The van der Waals surface area contributed by atoms with Gasteiger partial charge in [0.15, 0.2) is 0 Å². The molecule has 0 saturated carbocycles. The average Bonchev–Trinajstić information content (AvgIpc) is 3.36. The van der Waals surface area contributed by atoms with Gasteiger partial charge in [-0.3, -0.25) is 0 Å². The zero-order valence-corrected chi connectivity index (χ0v) is 15.4. The molecule has 0 bridgehead atoms. The van der Waals surface area contributed by atoms with E-state index < -0.39 is 0 Å². The minimum atomic E-state index is 0.937. The molecule has 0 fully saturated rings. The van der Waals surface area contributed by atoms with Gasteiger partial charge < -0.3 is 5.32 Å². The van der Waals surface area contributed by atoms with E-state index in [0.717, 1.165) is 30.9 Å². The predicted molar refractivity (Wildman–Crippen MR) is 108 cm³/mol. The SMILES string of the molecule is c1ccc(CC[NH2+]Cc2cn(-c3ccccc3)nc2-c2cccs2)cc1. The lowest BCUT2D eigenvalue weighted by Crippen LogP contribution is -2.83. The lowest BCUT2D eigenvalue weighted by Gasteiger charge is -2.02. The van der Waals surface area contributed by atoms with Gasteiger partial charge in [0.1, 0.15) is 12.2 Å². The quantitative estimate of drug-likeness (QED) is 0.498. The third-order valence-corrected chi connectivity index (χ3v) is 5.29. The Morgan fingerprint density at radius 3 is 2.38 bits per heavy atom. The maximum Gasteiger partial charge on any atom is 0.112 e. The van der Waals surface area contributed by atoms with Gasteiger partial charge in [0.25, 0.3) is 0 Å². The Morgan fingerprint density at radius 1 is 0.885 bits per heavy atom. The molecule has 4 rings (SSSR count). The molecular formula is C22H22N3S+. The minimum absolute atomic E-state index is 0.937. The Bertz CT molecular complexity index is 928. The Kier molecular flexibility index (Phi) is 5.24. The molecule has 0 amide bonds. The van der Waals surface area contributed by atoms with Crippen molar-refractivity contribution in [1.82, 2.24) is 9.78 Å². The molecule has 0 radical (unpaired) electrons. The van der Waals surface area contributed by atoms with E-state index in [1.807, 2.05) is 22.9 Å². The second-order valence-electron chi connectivity index (χ2n) is 6.28. The molecule has 130 valence electrons. The predicted octanol–water partition coefficient (Wildman–Crippen LogP) is 3.91. The monoisotopic (exact) mass is 360 g/mol. The number of para-hydroxylation sites is 1. The van der Waals surface area contributed by atoms with Crippen LogP contribution in [0.15, 0.2) is 84.4 Å². The van der Waals surface area contributed by atoms with E-state index >= 15 is 0 Å². The average molecular weight is 361 g/mol. The van der Waals surface area contributed by atoms with Crippen molar-refractivity contribution in [2.24, 2.45) is 0 Å². The zero-order valence-electron chi connectivity index (χ0n) is 14.6. The molecule has 0 atom stereocenters. The van der Waals surface area contributed by atoms with Crippen LogP contribution in [-0.4, -0.2) is 16.3 Å². The summed E-state index contributed by atoms with van der Waals surface area (Å²) in [7, 11) is 0. The van der Waals surface area contributed by atoms with Crippen LogP contribution < -0.4 is 5.32 Å². The van der Waals surface area contributed by atoms with Crippen LogP contribution in [0.4, 0.5) is 0 Å². The molecule has 0 aliphatic carbocycles. The standard InChI is InChI=1S/C22H21N3S/c1-3-8-18(9-4-1)13-14-23-16-19-17-25(20-10-5-2-6-11-20)24-22(19)21-12-7-15-26-21/h1-12,15,17,23H,13-14,16H2/p+1. The Labute approximate surface area is 157 Å². The lowest BCUT2D eigenvalue weighted by atomic mass is 10.1. The van der Waals surface area contributed by atoms with Crippen LogP contribution >= 0.6 is 11.3 Å². The van der Waals surface area contributed by atoms with Crippen molar-refractivity contribution >= 4 is 11.3 Å². The van der Waals surface area contributed by atoms with Crippen molar-refractivity contribution in [3.05, 3.63) is 95.5 Å². The van der Waals surface area contributed by atoms with Crippen LogP contribution in [-0.2, 0) is 13.0 Å². The molecule has 26 heavy (non-hydrogen) atoms. The Balaban J connectivity index is 1.50. The van der Waals surface area contributed by atoms with Crippen molar-refractivity contribution in [2.45, 2.75) is 13.0 Å². The van der Waals surface area contributed by atoms with Gasteiger partial charge in [-0.15, -0.1) is 11.3 Å². The maximum atomic E-state index is 4.87. The number of hydrogen-bond donors (Lipinski definition) is 1. The van der Waals surface area contributed by atoms with E-state index in [0.29, 0.717) is 0 Å². The van der Waals surface area contributed by atoms with Gasteiger partial charge in [0.2, 0.25) is 0 Å². The van der Waals surface area contributed by atoms with E-state index in [2.05, 4.69) is 71.5 Å². The van der Waals surface area contributed by atoms with Gasteiger partial charge >= 0.3 is 0 Å². The number of nitrogens with two attached hydrogens (primary N) is 1. The molecular weight excluding hydrogens is 338 g/mol. The van der Waals surface area contributed by atoms with Crippen LogP contribution in [0.2, 0.25) is 0 Å². The van der Waals surface area contributed by atoms with Gasteiger partial charge in [0.05, 0.1) is 22.7 Å². The second kappa shape index (κ2) is 8.13. The van der Waals surface area contributed by atoms with Gasteiger partial charge in [-0.2, -0.15) is 5.10 Å². The summed E-state index contributed by atoms with van der Waals surface area (Å²) in [5, 5.41) is 9.35. The number of quaternary nitrogens is 1. The first-order valence-corrected chi connectivity index (χ1v) is 9.81. The van der Waals surface area contributed by atoms with E-state index in [9.17, 15) is 0 Å². The van der Waals surface area contributed by atoms with Gasteiger partial charge in [-0.1, -0.05) is 54.6 Å². The van der Waals surface area contributed by atoms with Crippen LogP contribution in [0, 0.1) is 0 Å². The fourth-order valence-corrected chi connectivity index (χ4v) is 3.81. The number of thiophene rings is 1. The van der Waals surface area contributed by atoms with Crippen molar-refractivity contribution in [1.29, 1.82) is 0 Å². The molecule has 4 aromatic rings. The number of hydrogen-bond acceptors (Lipinski definition) is 2. The highest BCUT2D eigenvalue weighted by Gasteiger charge is 2.14. The summed E-state index contributed by atoms with van der Waals surface area (Å²) in [4.78, 5) is 1.23. The van der Waals surface area contributed by atoms with Crippen molar-refractivity contribution in [2.75, 3.05) is 6.54 Å². The van der Waals surface area contributed by atoms with Gasteiger partial charge in [-0.25, -0.2) is 4.68 Å². The third kappa shape index (κ3) is 3.93. The summed E-state index contributed by atoms with van der Waals surface area (Å²) in [5.41, 5.74) is 4.87. The van der Waals surface area contributed by atoms with Crippen LogP contribution in [0.5, 0.6) is 0 Å². The Hall–Kier alpha value is -2.69. The fourth-order valence-electron chi connectivity index (χ4n) is 3.06. The summed E-state index contributed by atoms with van der Waals surface area (Å²) in [6, 6.07) is 25.2. The van der Waals surface area contributed by atoms with Crippen molar-refractivity contribution in [3.63, 3.8) is 0 Å². The smallest absolute Gasteiger partial charge is 0.112 e. The fraction of sp³-hybridized carbons (Fsp3) is 0.136. The van der Waals surface area contributed by atoms with E-state index in [1.54, 1.807) is 11.3 Å². The van der Waals surface area contributed by atoms with Gasteiger partial charge in [0, 0.05) is 12.6 Å². The number of aromatic nitrogens is 2. The molecule has 2 aromatic carbocycles. The Morgan fingerprint density at radius 2 is 1.65 bits per heavy atom. The molecule has 2 aromatic heterocycles. The van der Waals surface area contributed by atoms with E-state index in [4.69, 9.17) is 5.10 Å². The number of nitrogens with zero attached hydrogens (tertiary/aromatic N) is 2. The molecule has 0 aliphatic rings. The molecule has 4 heteroatoms. The molecule has 2 N–H and O–H groups in total. The van der Waals surface area contributed by atoms with Crippen molar-refractivity contribution in [3.8, 4) is 16.3 Å². The second-order valence-corrected chi connectivity index (χ2v) is 7.23. The molecule has 0 unspecified atom stereocenters. The van der Waals surface area contributed by atoms with Crippen LogP contribution in [0.25, 0.3) is 16.3 Å².